The largest absolute Gasteiger partial charge is 0.381 e. The average Bonchev–Trinajstić information content (AvgIpc) is 3.29. The van der Waals surface area contributed by atoms with Gasteiger partial charge in [0.05, 0.1) is 24.2 Å². The number of H-pyrrole nitrogens is 1. The van der Waals surface area contributed by atoms with Crippen LogP contribution in [-0.4, -0.2) is 54.2 Å². The van der Waals surface area contributed by atoms with Crippen LogP contribution in [0.5, 0.6) is 0 Å². The monoisotopic (exact) mass is 455 g/mol. The van der Waals surface area contributed by atoms with Gasteiger partial charge in [0.25, 0.3) is 0 Å². The predicted molar refractivity (Wildman–Crippen MR) is 111 cm³/mol. The van der Waals surface area contributed by atoms with Crippen molar-refractivity contribution in [2.24, 2.45) is 10.4 Å². The molecule has 0 saturated carbocycles. The Morgan fingerprint density at radius 1 is 1.44 bits per heavy atom. The van der Waals surface area contributed by atoms with E-state index in [1.54, 1.807) is 0 Å². The van der Waals surface area contributed by atoms with E-state index in [4.69, 9.17) is 4.74 Å². The molecule has 2 saturated heterocycles. The summed E-state index contributed by atoms with van der Waals surface area (Å²) in [4.78, 5) is 14.8. The molecule has 25 heavy (non-hydrogen) atoms. The van der Waals surface area contributed by atoms with Gasteiger partial charge in [0, 0.05) is 32.2 Å². The van der Waals surface area contributed by atoms with Crippen molar-refractivity contribution in [1.29, 1.82) is 0 Å². The number of aliphatic imine (C=N–C) groups is 1. The number of hydrogen-bond acceptors (Lipinski definition) is 3. The van der Waals surface area contributed by atoms with Crippen LogP contribution in [0.15, 0.2) is 23.2 Å². The normalized spacial score (nSPS) is 23.4. The number of aromatic nitrogens is 2. The second kappa shape index (κ2) is 7.49. The lowest BCUT2D eigenvalue weighted by molar-refractivity contribution is 0.156. The number of hydrogen-bond donors (Lipinski definition) is 2. The number of guanidine groups is 1. The average molecular weight is 455 g/mol. The number of rotatable bonds is 2. The highest BCUT2D eigenvalue weighted by molar-refractivity contribution is 14.0. The third kappa shape index (κ3) is 3.76. The van der Waals surface area contributed by atoms with Crippen LogP contribution in [0.2, 0.25) is 0 Å². The van der Waals surface area contributed by atoms with Crippen LogP contribution in [0.3, 0.4) is 0 Å². The molecule has 1 aromatic heterocycles. The SMILES string of the molecule is CN=C(NCc1nc2ccc(C)cc2[nH]1)N1CCC2(CCOC2)C1.I. The Kier molecular flexibility index (Phi) is 5.52. The van der Waals surface area contributed by atoms with Gasteiger partial charge in [-0.2, -0.15) is 0 Å². The van der Waals surface area contributed by atoms with E-state index in [1.807, 2.05) is 7.05 Å². The van der Waals surface area contributed by atoms with Gasteiger partial charge in [-0.25, -0.2) is 4.98 Å². The van der Waals surface area contributed by atoms with E-state index in [0.717, 1.165) is 49.1 Å². The fourth-order valence-corrected chi connectivity index (χ4v) is 3.84. The molecule has 1 unspecified atom stereocenters. The van der Waals surface area contributed by atoms with Crippen molar-refractivity contribution in [3.63, 3.8) is 0 Å². The zero-order valence-electron chi connectivity index (χ0n) is 14.8. The van der Waals surface area contributed by atoms with Crippen LogP contribution in [0.1, 0.15) is 24.2 Å². The molecule has 136 valence electrons. The van der Waals surface area contributed by atoms with Gasteiger partial charge in [-0.05, 0) is 37.5 Å². The molecule has 2 aromatic rings. The minimum Gasteiger partial charge on any atom is -0.381 e. The second-order valence-corrected chi connectivity index (χ2v) is 7.08. The van der Waals surface area contributed by atoms with E-state index in [2.05, 4.69) is 50.3 Å². The van der Waals surface area contributed by atoms with Crippen molar-refractivity contribution in [3.8, 4) is 0 Å². The Hall–Kier alpha value is -1.35. The summed E-state index contributed by atoms with van der Waals surface area (Å²) >= 11 is 0. The smallest absolute Gasteiger partial charge is 0.194 e. The predicted octanol–water partition coefficient (Wildman–Crippen LogP) is 2.68. The van der Waals surface area contributed by atoms with E-state index in [0.29, 0.717) is 12.0 Å². The number of fused-ring (bicyclic) bond motifs is 1. The maximum Gasteiger partial charge on any atom is 0.194 e. The van der Waals surface area contributed by atoms with Crippen molar-refractivity contribution < 1.29 is 4.74 Å². The number of aryl methyl sites for hydroxylation is 1. The van der Waals surface area contributed by atoms with E-state index in [1.165, 1.54) is 18.4 Å². The summed E-state index contributed by atoms with van der Waals surface area (Å²) in [7, 11) is 1.85. The van der Waals surface area contributed by atoms with Crippen molar-refractivity contribution in [3.05, 3.63) is 29.6 Å². The summed E-state index contributed by atoms with van der Waals surface area (Å²) in [5.74, 6) is 1.89. The number of imidazole rings is 1. The van der Waals surface area contributed by atoms with E-state index >= 15 is 0 Å². The minimum absolute atomic E-state index is 0. The summed E-state index contributed by atoms with van der Waals surface area (Å²) in [5, 5.41) is 3.45. The number of nitrogens with zero attached hydrogens (tertiary/aromatic N) is 3. The molecule has 2 N–H and O–H groups in total. The summed E-state index contributed by atoms with van der Waals surface area (Å²) in [5.41, 5.74) is 3.68. The Morgan fingerprint density at radius 3 is 3.08 bits per heavy atom. The van der Waals surface area contributed by atoms with Gasteiger partial charge in [0.2, 0.25) is 0 Å². The number of likely N-dealkylation sites (tertiary alicyclic amines) is 1. The number of nitrogens with one attached hydrogen (secondary N) is 2. The Morgan fingerprint density at radius 2 is 2.32 bits per heavy atom. The number of ether oxygens (including phenoxy) is 1. The number of aromatic amines is 1. The van der Waals surface area contributed by atoms with Gasteiger partial charge in [-0.1, -0.05) is 6.07 Å². The lowest BCUT2D eigenvalue weighted by atomic mass is 9.87. The Balaban J connectivity index is 0.00000182. The van der Waals surface area contributed by atoms with Gasteiger partial charge in [-0.3, -0.25) is 4.99 Å². The van der Waals surface area contributed by atoms with Gasteiger partial charge >= 0.3 is 0 Å². The van der Waals surface area contributed by atoms with Gasteiger partial charge < -0.3 is 19.9 Å². The second-order valence-electron chi connectivity index (χ2n) is 7.08. The zero-order chi connectivity index (χ0) is 16.6. The van der Waals surface area contributed by atoms with Crippen LogP contribution in [-0.2, 0) is 11.3 Å². The highest BCUT2D eigenvalue weighted by Gasteiger charge is 2.42. The van der Waals surface area contributed by atoms with Crippen LogP contribution < -0.4 is 5.32 Å². The molecule has 0 amide bonds. The fraction of sp³-hybridized carbons (Fsp3) is 0.556. The van der Waals surface area contributed by atoms with Crippen molar-refractivity contribution >= 4 is 41.0 Å². The van der Waals surface area contributed by atoms with Crippen LogP contribution in [0, 0.1) is 12.3 Å². The molecule has 2 fully saturated rings. The lowest BCUT2D eigenvalue weighted by Crippen LogP contribution is -2.41. The molecule has 0 bridgehead atoms. The molecular formula is C18H26IN5O. The number of halogens is 1. The summed E-state index contributed by atoms with van der Waals surface area (Å²) in [6, 6.07) is 6.28. The summed E-state index contributed by atoms with van der Waals surface area (Å²) in [6.45, 7) is 6.62. The first kappa shape index (κ1) is 18.4. The standard InChI is InChI=1S/C18H25N5O.HI/c1-13-3-4-14-15(9-13)22-16(21-14)10-20-17(19-2)23-7-5-18(11-23)6-8-24-12-18;/h3-4,9H,5-8,10-12H2,1-2H3,(H,19,20)(H,21,22);1H. The highest BCUT2D eigenvalue weighted by atomic mass is 127. The third-order valence-corrected chi connectivity index (χ3v) is 5.24. The third-order valence-electron chi connectivity index (χ3n) is 5.24. The maximum absolute atomic E-state index is 5.61. The molecule has 1 atom stereocenters. The van der Waals surface area contributed by atoms with Gasteiger partial charge in [-0.15, -0.1) is 24.0 Å². The number of benzene rings is 1. The molecule has 1 aromatic carbocycles. The van der Waals surface area contributed by atoms with Gasteiger partial charge in [0.1, 0.15) is 5.82 Å². The van der Waals surface area contributed by atoms with Crippen LogP contribution in [0.25, 0.3) is 11.0 Å². The molecule has 4 rings (SSSR count). The first-order valence-corrected chi connectivity index (χ1v) is 8.66. The zero-order valence-corrected chi connectivity index (χ0v) is 17.2. The lowest BCUT2D eigenvalue weighted by Gasteiger charge is -2.24. The van der Waals surface area contributed by atoms with Crippen LogP contribution >= 0.6 is 24.0 Å². The molecule has 1 spiro atoms. The van der Waals surface area contributed by atoms with Crippen molar-refractivity contribution in [2.75, 3.05) is 33.4 Å². The van der Waals surface area contributed by atoms with E-state index in [-0.39, 0.29) is 24.0 Å². The van der Waals surface area contributed by atoms with Gasteiger partial charge in [0.15, 0.2) is 5.96 Å². The van der Waals surface area contributed by atoms with Crippen LogP contribution in [0.4, 0.5) is 0 Å². The molecule has 2 aliphatic heterocycles. The maximum atomic E-state index is 5.61. The Bertz CT molecular complexity index is 766. The van der Waals surface area contributed by atoms with E-state index in [9.17, 15) is 0 Å². The summed E-state index contributed by atoms with van der Waals surface area (Å²) < 4.78 is 5.61. The van der Waals surface area contributed by atoms with E-state index < -0.39 is 0 Å². The van der Waals surface area contributed by atoms with Crippen molar-refractivity contribution in [2.45, 2.75) is 26.3 Å². The molecule has 0 aliphatic carbocycles. The molecule has 0 radical (unpaired) electrons. The first-order valence-electron chi connectivity index (χ1n) is 8.66. The molecular weight excluding hydrogens is 429 g/mol. The first-order chi connectivity index (χ1) is 11.7. The molecule has 6 nitrogen and oxygen atoms in total. The molecule has 7 heteroatoms. The summed E-state index contributed by atoms with van der Waals surface area (Å²) in [6.07, 6.45) is 2.36. The minimum atomic E-state index is 0. The molecule has 3 heterocycles. The topological polar surface area (TPSA) is 65.5 Å². The highest BCUT2D eigenvalue weighted by Crippen LogP contribution is 2.38. The Labute approximate surface area is 165 Å². The fourth-order valence-electron chi connectivity index (χ4n) is 3.84. The quantitative estimate of drug-likeness (QED) is 0.415. The van der Waals surface area contributed by atoms with Crippen molar-refractivity contribution in [1.82, 2.24) is 20.2 Å². The molecule has 2 aliphatic rings.